The number of amides is 1. The zero-order valence-electron chi connectivity index (χ0n) is 18.3. The number of fused-ring (bicyclic) bond motifs is 1. The highest BCUT2D eigenvalue weighted by Gasteiger charge is 2.29. The number of carbonyl (C=O) groups is 1. The summed E-state index contributed by atoms with van der Waals surface area (Å²) in [6.07, 6.45) is -0.502. The second-order valence-corrected chi connectivity index (χ2v) is 8.12. The van der Waals surface area contributed by atoms with Crippen molar-refractivity contribution in [1.82, 2.24) is 25.1 Å². The monoisotopic (exact) mass is 463 g/mol. The Morgan fingerprint density at radius 3 is 2.64 bits per heavy atom. The van der Waals surface area contributed by atoms with Gasteiger partial charge in [-0.2, -0.15) is 23.3 Å². The number of halogens is 3. The van der Waals surface area contributed by atoms with Crippen LogP contribution in [-0.4, -0.2) is 64.1 Å². The van der Waals surface area contributed by atoms with Gasteiger partial charge >= 0.3 is 12.2 Å². The van der Waals surface area contributed by atoms with E-state index in [2.05, 4.69) is 44.4 Å². The minimum absolute atomic E-state index is 0.105. The second kappa shape index (κ2) is 8.85. The van der Waals surface area contributed by atoms with Gasteiger partial charge < -0.3 is 20.3 Å². The fourth-order valence-electron chi connectivity index (χ4n) is 4.07. The number of hydrogen-bond donors (Lipinski definition) is 2. The summed E-state index contributed by atoms with van der Waals surface area (Å²) in [5, 5.41) is 10.4. The zero-order valence-corrected chi connectivity index (χ0v) is 18.3. The van der Waals surface area contributed by atoms with Gasteiger partial charge in [-0.1, -0.05) is 0 Å². The highest BCUT2D eigenvalue weighted by atomic mass is 19.4. The average molecular weight is 463 g/mol. The molecule has 1 fully saturated rings. The normalized spacial score (nSPS) is 19.0. The van der Waals surface area contributed by atoms with Crippen LogP contribution in [0.5, 0.6) is 6.01 Å². The van der Waals surface area contributed by atoms with Crippen LogP contribution in [0.2, 0.25) is 0 Å². The number of piperazine rings is 1. The molecule has 3 heterocycles. The lowest BCUT2D eigenvalue weighted by Gasteiger charge is -2.38. The summed E-state index contributed by atoms with van der Waals surface area (Å²) in [7, 11) is 1.43. The number of benzene rings is 1. The number of nitrogens with one attached hydrogen (secondary N) is 2. The predicted molar refractivity (Wildman–Crippen MR) is 117 cm³/mol. The van der Waals surface area contributed by atoms with E-state index in [9.17, 15) is 18.0 Å². The molecule has 1 amide bonds. The van der Waals surface area contributed by atoms with Gasteiger partial charge in [-0.15, -0.1) is 0 Å². The molecule has 0 bridgehead atoms. The smallest absolute Gasteiger partial charge is 0.408 e. The molecule has 33 heavy (non-hydrogen) atoms. The molecular weight excluding hydrogens is 439 g/mol. The maximum absolute atomic E-state index is 13.0. The molecule has 0 unspecified atom stereocenters. The molecule has 0 aliphatic carbocycles. The summed E-state index contributed by atoms with van der Waals surface area (Å²) in [6.45, 7) is 4.51. The van der Waals surface area contributed by atoms with E-state index in [1.54, 1.807) is 12.3 Å². The van der Waals surface area contributed by atoms with Gasteiger partial charge in [0.1, 0.15) is 6.54 Å². The van der Waals surface area contributed by atoms with Crippen molar-refractivity contribution in [3.63, 3.8) is 0 Å². The second-order valence-electron chi connectivity index (χ2n) is 8.12. The number of rotatable bonds is 5. The molecule has 0 saturated carbocycles. The van der Waals surface area contributed by atoms with Crippen LogP contribution in [0.15, 0.2) is 30.7 Å². The van der Waals surface area contributed by atoms with Gasteiger partial charge in [0.05, 0.1) is 30.1 Å². The summed E-state index contributed by atoms with van der Waals surface area (Å²) in [6, 6.07) is 4.15. The largest absolute Gasteiger partial charge is 0.467 e. The topological polar surface area (TPSA) is 97.2 Å². The third-order valence-corrected chi connectivity index (χ3v) is 5.26. The van der Waals surface area contributed by atoms with Gasteiger partial charge in [0.25, 0.3) is 5.91 Å². The van der Waals surface area contributed by atoms with Gasteiger partial charge in [-0.05, 0) is 26.0 Å². The molecule has 1 aliphatic heterocycles. The Bertz CT molecular complexity index is 1150. The Morgan fingerprint density at radius 1 is 1.24 bits per heavy atom. The van der Waals surface area contributed by atoms with E-state index < -0.39 is 18.6 Å². The molecule has 2 N–H and O–H groups in total. The van der Waals surface area contributed by atoms with E-state index in [1.165, 1.54) is 13.3 Å². The number of alkyl halides is 3. The van der Waals surface area contributed by atoms with Crippen LogP contribution in [0.3, 0.4) is 0 Å². The molecule has 3 aromatic rings. The first-order chi connectivity index (χ1) is 15.6. The van der Waals surface area contributed by atoms with E-state index in [0.717, 1.165) is 29.7 Å². The highest BCUT2D eigenvalue weighted by Crippen LogP contribution is 2.31. The minimum Gasteiger partial charge on any atom is -0.467 e. The number of anilines is 2. The number of hydrogen-bond acceptors (Lipinski definition) is 7. The van der Waals surface area contributed by atoms with Crippen molar-refractivity contribution in [2.45, 2.75) is 38.7 Å². The highest BCUT2D eigenvalue weighted by molar-refractivity contribution is 6.13. The van der Waals surface area contributed by atoms with E-state index in [0.29, 0.717) is 10.9 Å². The Labute approximate surface area is 187 Å². The summed E-state index contributed by atoms with van der Waals surface area (Å²) in [5.74, 6) is -0.527. The van der Waals surface area contributed by atoms with Crippen molar-refractivity contribution in [1.29, 1.82) is 0 Å². The zero-order chi connectivity index (χ0) is 23.8. The SMILES string of the molecule is COc1ncc2c(N3C[C@@H](C)N[C@H](C)C3)ccc(C(=O)Nc3cnn(CC(F)(F)F)c3)c2n1. The number of nitrogens with zero attached hydrogens (tertiary/aromatic N) is 5. The Hall–Kier alpha value is -3.41. The minimum atomic E-state index is -4.41. The summed E-state index contributed by atoms with van der Waals surface area (Å²) >= 11 is 0. The molecule has 4 rings (SSSR count). The average Bonchev–Trinajstić information content (AvgIpc) is 3.16. The first-order valence-electron chi connectivity index (χ1n) is 10.4. The number of carbonyl (C=O) groups excluding carboxylic acids is 1. The van der Waals surface area contributed by atoms with Crippen molar-refractivity contribution < 1.29 is 22.7 Å². The van der Waals surface area contributed by atoms with E-state index in [1.807, 2.05) is 6.07 Å². The van der Waals surface area contributed by atoms with Gasteiger partial charge in [0, 0.05) is 48.6 Å². The van der Waals surface area contributed by atoms with Crippen LogP contribution < -0.4 is 20.3 Å². The van der Waals surface area contributed by atoms with Gasteiger partial charge in [0.15, 0.2) is 0 Å². The van der Waals surface area contributed by atoms with Crippen LogP contribution in [-0.2, 0) is 6.54 Å². The Kier molecular flexibility index (Phi) is 6.11. The van der Waals surface area contributed by atoms with Gasteiger partial charge in [-0.3, -0.25) is 9.48 Å². The lowest BCUT2D eigenvalue weighted by molar-refractivity contribution is -0.142. The van der Waals surface area contributed by atoms with Crippen molar-refractivity contribution in [3.05, 3.63) is 36.3 Å². The predicted octanol–water partition coefficient (Wildman–Crippen LogP) is 2.84. The molecule has 9 nitrogen and oxygen atoms in total. The maximum Gasteiger partial charge on any atom is 0.408 e. The van der Waals surface area contributed by atoms with Crippen molar-refractivity contribution in [2.75, 3.05) is 30.4 Å². The Morgan fingerprint density at radius 2 is 1.97 bits per heavy atom. The molecule has 2 atom stereocenters. The lowest BCUT2D eigenvalue weighted by Crippen LogP contribution is -2.54. The molecule has 0 spiro atoms. The molecule has 12 heteroatoms. The fraction of sp³-hybridized carbons (Fsp3) is 0.429. The molecule has 1 aromatic carbocycles. The lowest BCUT2D eigenvalue weighted by atomic mass is 10.0. The van der Waals surface area contributed by atoms with Crippen LogP contribution in [0.1, 0.15) is 24.2 Å². The fourth-order valence-corrected chi connectivity index (χ4v) is 4.07. The Balaban J connectivity index is 1.67. The standard InChI is InChI=1S/C21H24F3N7O2/c1-12-8-30(9-13(2)27-12)17-5-4-15(18-16(17)7-25-20(29-18)33-3)19(32)28-14-6-26-31(10-14)11-21(22,23)24/h4-7,10,12-13,27H,8-9,11H2,1-3H3,(H,28,32)/t12-,13-/m1/s1. The summed E-state index contributed by atoms with van der Waals surface area (Å²) in [5.41, 5.74) is 1.67. The number of ether oxygens (including phenoxy) is 1. The van der Waals surface area contributed by atoms with Crippen LogP contribution in [0.4, 0.5) is 24.5 Å². The van der Waals surface area contributed by atoms with Gasteiger partial charge in [0.2, 0.25) is 0 Å². The number of methoxy groups -OCH3 is 1. The van der Waals surface area contributed by atoms with E-state index >= 15 is 0 Å². The molecule has 2 aromatic heterocycles. The molecule has 176 valence electrons. The van der Waals surface area contributed by atoms with E-state index in [4.69, 9.17) is 4.74 Å². The van der Waals surface area contributed by atoms with Crippen LogP contribution >= 0.6 is 0 Å². The summed E-state index contributed by atoms with van der Waals surface area (Å²) in [4.78, 5) is 23.8. The van der Waals surface area contributed by atoms with Crippen molar-refractivity contribution in [2.24, 2.45) is 0 Å². The first kappa shape index (κ1) is 22.8. The maximum atomic E-state index is 13.0. The van der Waals surface area contributed by atoms with Gasteiger partial charge in [-0.25, -0.2) is 4.98 Å². The number of aromatic nitrogens is 4. The third kappa shape index (κ3) is 5.16. The molecule has 1 aliphatic rings. The van der Waals surface area contributed by atoms with Crippen LogP contribution in [0, 0.1) is 0 Å². The third-order valence-electron chi connectivity index (χ3n) is 5.26. The first-order valence-corrected chi connectivity index (χ1v) is 10.4. The van der Waals surface area contributed by atoms with Crippen molar-refractivity contribution in [3.8, 4) is 6.01 Å². The molecular formula is C21H24F3N7O2. The molecule has 1 saturated heterocycles. The summed E-state index contributed by atoms with van der Waals surface area (Å²) < 4.78 is 43.6. The van der Waals surface area contributed by atoms with Crippen molar-refractivity contribution >= 4 is 28.2 Å². The van der Waals surface area contributed by atoms with E-state index in [-0.39, 0.29) is 29.3 Å². The molecule has 0 radical (unpaired) electrons. The quantitative estimate of drug-likeness (QED) is 0.601. The van der Waals surface area contributed by atoms with Crippen LogP contribution in [0.25, 0.3) is 10.9 Å².